The molecule has 4 nitrogen and oxygen atoms in total. The first-order valence-electron chi connectivity index (χ1n) is 6.92. The molecule has 1 saturated carbocycles. The number of halogens is 1. The molecule has 20 heavy (non-hydrogen) atoms. The Kier molecular flexibility index (Phi) is 4.08. The number of benzene rings is 1. The van der Waals surface area contributed by atoms with E-state index in [9.17, 15) is 5.11 Å². The summed E-state index contributed by atoms with van der Waals surface area (Å²) >= 11 is 3.44. The highest BCUT2D eigenvalue weighted by molar-refractivity contribution is 9.10. The molecule has 0 spiro atoms. The summed E-state index contributed by atoms with van der Waals surface area (Å²) in [5, 5.41) is 13.5. The molecule has 0 amide bonds. The van der Waals surface area contributed by atoms with E-state index in [1.807, 2.05) is 30.9 Å². The van der Waals surface area contributed by atoms with Gasteiger partial charge >= 0.3 is 0 Å². The lowest BCUT2D eigenvalue weighted by molar-refractivity contribution is 0.386. The number of rotatable bonds is 4. The van der Waals surface area contributed by atoms with Crippen LogP contribution in [0.2, 0.25) is 0 Å². The second kappa shape index (κ2) is 5.97. The van der Waals surface area contributed by atoms with Crippen molar-refractivity contribution in [1.29, 1.82) is 0 Å². The fraction of sp³-hybridized carbons (Fsp3) is 0.400. The number of hydrogen-bond donors (Lipinski definition) is 2. The zero-order valence-electron chi connectivity index (χ0n) is 11.2. The van der Waals surface area contributed by atoms with E-state index in [4.69, 9.17) is 0 Å². The molecule has 2 unspecified atom stereocenters. The smallest absolute Gasteiger partial charge is 0.120 e. The Hall–Kier alpha value is -1.33. The molecule has 0 radical (unpaired) electrons. The molecule has 2 aromatic rings. The molecule has 2 N–H and O–H groups in total. The van der Waals surface area contributed by atoms with Gasteiger partial charge in [-0.15, -0.1) is 0 Å². The Bertz CT molecular complexity index is 571. The van der Waals surface area contributed by atoms with Gasteiger partial charge in [0.05, 0.1) is 6.33 Å². The summed E-state index contributed by atoms with van der Waals surface area (Å²) in [5.74, 6) is 0.345. The number of nitrogens with one attached hydrogen (secondary N) is 1. The van der Waals surface area contributed by atoms with Crippen LogP contribution < -0.4 is 5.32 Å². The Morgan fingerprint density at radius 2 is 2.30 bits per heavy atom. The van der Waals surface area contributed by atoms with Crippen molar-refractivity contribution in [2.75, 3.05) is 0 Å². The van der Waals surface area contributed by atoms with Crippen molar-refractivity contribution >= 4 is 15.9 Å². The summed E-state index contributed by atoms with van der Waals surface area (Å²) < 4.78 is 3.18. The number of phenols is 1. The zero-order chi connectivity index (χ0) is 13.9. The summed E-state index contributed by atoms with van der Waals surface area (Å²) in [5.41, 5.74) is 0.927. The first-order valence-corrected chi connectivity index (χ1v) is 7.71. The van der Waals surface area contributed by atoms with Crippen LogP contribution in [-0.4, -0.2) is 20.7 Å². The minimum absolute atomic E-state index is 0.345. The summed E-state index contributed by atoms with van der Waals surface area (Å²) in [6.07, 6.45) is 9.32. The molecule has 2 atom stereocenters. The topological polar surface area (TPSA) is 50.1 Å². The molecule has 106 valence electrons. The molecule has 5 heteroatoms. The molecular weight excluding hydrogens is 318 g/mol. The van der Waals surface area contributed by atoms with Gasteiger partial charge in [-0.25, -0.2) is 4.98 Å². The maximum atomic E-state index is 9.88. The lowest BCUT2D eigenvalue weighted by Gasteiger charge is -2.22. The SMILES string of the molecule is Oc1ccc(Br)cc1CNC1CCCC1n1ccnc1. The highest BCUT2D eigenvalue weighted by Crippen LogP contribution is 2.30. The summed E-state index contributed by atoms with van der Waals surface area (Å²) in [6.45, 7) is 0.682. The first-order chi connectivity index (χ1) is 9.74. The van der Waals surface area contributed by atoms with Gasteiger partial charge in [-0.3, -0.25) is 0 Å². The minimum atomic E-state index is 0.345. The van der Waals surface area contributed by atoms with Crippen molar-refractivity contribution in [3.05, 3.63) is 47.0 Å². The third-order valence-corrected chi connectivity index (χ3v) is 4.48. The van der Waals surface area contributed by atoms with Gasteiger partial charge in [0.1, 0.15) is 5.75 Å². The fourth-order valence-electron chi connectivity index (χ4n) is 2.94. The van der Waals surface area contributed by atoms with Gasteiger partial charge < -0.3 is 15.0 Å². The molecule has 1 fully saturated rings. The molecular formula is C15H18BrN3O. The molecule has 1 aromatic heterocycles. The van der Waals surface area contributed by atoms with E-state index in [1.165, 1.54) is 12.8 Å². The third kappa shape index (κ3) is 2.88. The van der Waals surface area contributed by atoms with Gasteiger partial charge in [-0.2, -0.15) is 0 Å². The van der Waals surface area contributed by atoms with Crippen LogP contribution >= 0.6 is 15.9 Å². The Labute approximate surface area is 127 Å². The largest absolute Gasteiger partial charge is 0.508 e. The molecule has 1 aliphatic rings. The van der Waals surface area contributed by atoms with Gasteiger partial charge in [-0.1, -0.05) is 15.9 Å². The summed E-state index contributed by atoms with van der Waals surface area (Å²) in [4.78, 5) is 4.13. The van der Waals surface area contributed by atoms with Crippen LogP contribution in [0.4, 0.5) is 0 Å². The maximum Gasteiger partial charge on any atom is 0.120 e. The average Bonchev–Trinajstić information content (AvgIpc) is 3.09. The van der Waals surface area contributed by atoms with Crippen LogP contribution in [0, 0.1) is 0 Å². The first kappa shape index (κ1) is 13.6. The molecule has 0 saturated heterocycles. The molecule has 1 aromatic carbocycles. The molecule has 0 aliphatic heterocycles. The predicted molar refractivity (Wildman–Crippen MR) is 81.5 cm³/mol. The molecule has 1 heterocycles. The van der Waals surface area contributed by atoms with Gasteiger partial charge in [0, 0.05) is 41.1 Å². The second-order valence-corrected chi connectivity index (χ2v) is 6.18. The van der Waals surface area contributed by atoms with Crippen LogP contribution in [0.15, 0.2) is 41.4 Å². The van der Waals surface area contributed by atoms with Gasteiger partial charge in [-0.05, 0) is 37.5 Å². The number of aromatic hydroxyl groups is 1. The number of aromatic nitrogens is 2. The van der Waals surface area contributed by atoms with Crippen molar-refractivity contribution in [2.24, 2.45) is 0 Å². The van der Waals surface area contributed by atoms with Crippen LogP contribution in [0.1, 0.15) is 30.9 Å². The molecule has 1 aliphatic carbocycles. The lowest BCUT2D eigenvalue weighted by Crippen LogP contribution is -2.33. The number of hydrogen-bond acceptors (Lipinski definition) is 3. The van der Waals surface area contributed by atoms with E-state index < -0.39 is 0 Å². The van der Waals surface area contributed by atoms with Crippen molar-refractivity contribution < 1.29 is 5.11 Å². The van der Waals surface area contributed by atoms with E-state index in [1.54, 1.807) is 6.07 Å². The van der Waals surface area contributed by atoms with Gasteiger partial charge in [0.2, 0.25) is 0 Å². The van der Waals surface area contributed by atoms with Crippen molar-refractivity contribution in [3.8, 4) is 5.75 Å². The number of nitrogens with zero attached hydrogens (tertiary/aromatic N) is 2. The lowest BCUT2D eigenvalue weighted by atomic mass is 10.1. The van der Waals surface area contributed by atoms with E-state index in [-0.39, 0.29) is 0 Å². The normalized spacial score (nSPS) is 22.2. The maximum absolute atomic E-state index is 9.88. The van der Waals surface area contributed by atoms with E-state index in [0.29, 0.717) is 24.4 Å². The molecule has 0 bridgehead atoms. The van der Waals surface area contributed by atoms with Crippen LogP contribution in [-0.2, 0) is 6.54 Å². The van der Waals surface area contributed by atoms with Crippen molar-refractivity contribution in [1.82, 2.24) is 14.9 Å². The standard InChI is InChI=1S/C15H18BrN3O/c16-12-4-5-15(20)11(8-12)9-18-13-2-1-3-14(13)19-7-6-17-10-19/h4-8,10,13-14,18,20H,1-3,9H2. The molecule has 3 rings (SSSR count). The van der Waals surface area contributed by atoms with E-state index in [2.05, 4.69) is 30.8 Å². The zero-order valence-corrected chi connectivity index (χ0v) is 12.8. The Morgan fingerprint density at radius 1 is 1.40 bits per heavy atom. The van der Waals surface area contributed by atoms with Crippen LogP contribution in [0.3, 0.4) is 0 Å². The van der Waals surface area contributed by atoms with E-state index in [0.717, 1.165) is 16.5 Å². The number of phenolic OH excluding ortho intramolecular Hbond substituents is 1. The highest BCUT2D eigenvalue weighted by atomic mass is 79.9. The monoisotopic (exact) mass is 335 g/mol. The number of imidazole rings is 1. The van der Waals surface area contributed by atoms with Crippen molar-refractivity contribution in [3.63, 3.8) is 0 Å². The highest BCUT2D eigenvalue weighted by Gasteiger charge is 2.27. The quantitative estimate of drug-likeness (QED) is 0.901. The third-order valence-electron chi connectivity index (χ3n) is 3.98. The predicted octanol–water partition coefficient (Wildman–Crippen LogP) is 3.23. The minimum Gasteiger partial charge on any atom is -0.508 e. The van der Waals surface area contributed by atoms with Crippen molar-refractivity contribution in [2.45, 2.75) is 37.9 Å². The van der Waals surface area contributed by atoms with Crippen LogP contribution in [0.25, 0.3) is 0 Å². The van der Waals surface area contributed by atoms with Crippen LogP contribution in [0.5, 0.6) is 5.75 Å². The van der Waals surface area contributed by atoms with Gasteiger partial charge in [0.15, 0.2) is 0 Å². The second-order valence-electron chi connectivity index (χ2n) is 5.27. The Morgan fingerprint density at radius 3 is 3.10 bits per heavy atom. The van der Waals surface area contributed by atoms with E-state index >= 15 is 0 Å². The van der Waals surface area contributed by atoms with Gasteiger partial charge in [0.25, 0.3) is 0 Å². The Balaban J connectivity index is 1.67. The fourth-order valence-corrected chi connectivity index (χ4v) is 3.35. The average molecular weight is 336 g/mol. The summed E-state index contributed by atoms with van der Waals surface area (Å²) in [6, 6.07) is 6.43. The summed E-state index contributed by atoms with van der Waals surface area (Å²) in [7, 11) is 0.